The Morgan fingerprint density at radius 3 is 1.38 bits per heavy atom. The van der Waals surface area contributed by atoms with Gasteiger partial charge in [-0.05, 0) is 0 Å². The van der Waals surface area contributed by atoms with E-state index in [-0.39, 0.29) is 17.4 Å². The third kappa shape index (κ3) is 9.08. The Hall–Kier alpha value is -0.528. The van der Waals surface area contributed by atoms with Crippen LogP contribution in [-0.4, -0.2) is 11.9 Å². The molecule has 43 valence electrons. The fourth-order valence-corrected chi connectivity index (χ4v) is 0.118. The predicted molar refractivity (Wildman–Crippen MR) is 14.6 cm³/mol. The molecule has 0 aromatic carbocycles. The van der Waals surface area contributed by atoms with E-state index in [2.05, 4.69) is 0 Å². The van der Waals surface area contributed by atoms with Crippen LogP contribution >= 0.6 is 0 Å². The molecule has 0 unspecified atom stereocenters. The van der Waals surface area contributed by atoms with Crippen molar-refractivity contribution in [3.05, 3.63) is 0 Å². The molecule has 0 amide bonds. The Balaban J connectivity index is 0. The monoisotopic (exact) mass is 154 g/mol. The number of aliphatic carboxylic acids is 2. The van der Waals surface area contributed by atoms with E-state index >= 15 is 0 Å². The molecule has 0 N–H and O–H groups in total. The van der Waals surface area contributed by atoms with Crippen molar-refractivity contribution in [1.82, 2.24) is 0 Å². The molecule has 0 saturated heterocycles. The Bertz CT molecular complexity index is 87.5. The van der Waals surface area contributed by atoms with Crippen molar-refractivity contribution in [3.63, 3.8) is 0 Å². The van der Waals surface area contributed by atoms with Gasteiger partial charge in [0.1, 0.15) is 0 Å². The van der Waals surface area contributed by atoms with E-state index < -0.39 is 18.4 Å². The topological polar surface area (TPSA) is 80.3 Å². The SMILES string of the molecule is O=C([O-])CC(=O)[O-].[Cr+3]. The molecule has 0 atom stereocenters. The minimum absolute atomic E-state index is 0. The molecule has 4 nitrogen and oxygen atoms in total. The third-order valence-corrected chi connectivity index (χ3v) is 0.289. The maximum absolute atomic E-state index is 9.28. The summed E-state index contributed by atoms with van der Waals surface area (Å²) in [6.45, 7) is 0. The fourth-order valence-electron chi connectivity index (χ4n) is 0.118. The van der Waals surface area contributed by atoms with Crippen LogP contribution in [0.4, 0.5) is 0 Å². The van der Waals surface area contributed by atoms with Crippen molar-refractivity contribution in [2.24, 2.45) is 0 Å². The van der Waals surface area contributed by atoms with Gasteiger partial charge >= 0.3 is 17.4 Å². The van der Waals surface area contributed by atoms with Crippen LogP contribution in [0.3, 0.4) is 0 Å². The van der Waals surface area contributed by atoms with Crippen LogP contribution in [0, 0.1) is 0 Å². The van der Waals surface area contributed by atoms with Gasteiger partial charge in [-0.1, -0.05) is 0 Å². The Labute approximate surface area is 56.3 Å². The molecule has 0 spiro atoms. The minimum Gasteiger partial charge on any atom is -0.550 e. The van der Waals surface area contributed by atoms with Crippen molar-refractivity contribution in [2.75, 3.05) is 0 Å². The largest absolute Gasteiger partial charge is 3.00 e. The average molecular weight is 154 g/mol. The van der Waals surface area contributed by atoms with Gasteiger partial charge in [-0.3, -0.25) is 0 Å². The quantitative estimate of drug-likeness (QED) is 0.394. The molecule has 5 heteroatoms. The summed E-state index contributed by atoms with van der Waals surface area (Å²) in [5.74, 6) is -3.25. The molecular formula is C3H2CrO4+. The molecule has 0 aliphatic heterocycles. The molecule has 0 rings (SSSR count). The molecule has 0 heterocycles. The number of hydrogen-bond donors (Lipinski definition) is 0. The summed E-state index contributed by atoms with van der Waals surface area (Å²) in [6, 6.07) is 0. The maximum atomic E-state index is 9.28. The van der Waals surface area contributed by atoms with Crippen LogP contribution in [0.15, 0.2) is 0 Å². The summed E-state index contributed by atoms with van der Waals surface area (Å²) in [7, 11) is 0. The maximum Gasteiger partial charge on any atom is 3.00 e. The first-order valence-electron chi connectivity index (χ1n) is 1.52. The molecule has 0 bridgehead atoms. The third-order valence-electron chi connectivity index (χ3n) is 0.289. The second kappa shape index (κ2) is 4.63. The fraction of sp³-hybridized carbons (Fsp3) is 0.333. The van der Waals surface area contributed by atoms with Crippen molar-refractivity contribution < 1.29 is 37.2 Å². The van der Waals surface area contributed by atoms with Gasteiger partial charge in [0, 0.05) is 18.4 Å². The van der Waals surface area contributed by atoms with Crippen molar-refractivity contribution in [3.8, 4) is 0 Å². The van der Waals surface area contributed by atoms with E-state index in [9.17, 15) is 19.8 Å². The average Bonchev–Trinajstić information content (AvgIpc) is 1.27. The Kier molecular flexibility index (Phi) is 6.05. The zero-order chi connectivity index (χ0) is 5.86. The summed E-state index contributed by atoms with van der Waals surface area (Å²) in [5.41, 5.74) is 0. The number of carboxylic acids is 2. The van der Waals surface area contributed by atoms with Gasteiger partial charge in [-0.2, -0.15) is 0 Å². The molecule has 1 radical (unpaired) electrons. The molecule has 0 saturated carbocycles. The van der Waals surface area contributed by atoms with Gasteiger partial charge in [-0.15, -0.1) is 0 Å². The second-order valence-electron chi connectivity index (χ2n) is 0.921. The van der Waals surface area contributed by atoms with Crippen molar-refractivity contribution >= 4 is 11.9 Å². The van der Waals surface area contributed by atoms with Gasteiger partial charge in [0.05, 0.1) is 0 Å². The first-order chi connectivity index (χ1) is 3.13. The van der Waals surface area contributed by atoms with E-state index in [1.807, 2.05) is 0 Å². The van der Waals surface area contributed by atoms with E-state index in [1.54, 1.807) is 0 Å². The number of carboxylic acid groups (broad SMARTS) is 2. The van der Waals surface area contributed by atoms with Crippen LogP contribution < -0.4 is 10.2 Å². The van der Waals surface area contributed by atoms with E-state index in [1.165, 1.54) is 0 Å². The standard InChI is InChI=1S/C3H4O4.Cr/c4-2(5)1-3(6)7;/h1H2,(H,4,5)(H,6,7);/q;+3/p-2. The van der Waals surface area contributed by atoms with Crippen LogP contribution in [0.25, 0.3) is 0 Å². The van der Waals surface area contributed by atoms with Crippen LogP contribution in [-0.2, 0) is 27.0 Å². The van der Waals surface area contributed by atoms with Gasteiger partial charge < -0.3 is 19.8 Å². The molecule has 0 fully saturated rings. The number of carbonyl (C=O) groups is 2. The van der Waals surface area contributed by atoms with Crippen LogP contribution in [0.1, 0.15) is 6.42 Å². The van der Waals surface area contributed by atoms with Crippen molar-refractivity contribution in [1.29, 1.82) is 0 Å². The van der Waals surface area contributed by atoms with Gasteiger partial charge in [0.15, 0.2) is 0 Å². The zero-order valence-electron chi connectivity index (χ0n) is 3.75. The van der Waals surface area contributed by atoms with E-state index in [0.717, 1.165) is 0 Å². The van der Waals surface area contributed by atoms with Crippen LogP contribution in [0.5, 0.6) is 0 Å². The van der Waals surface area contributed by atoms with Gasteiger partial charge in [-0.25, -0.2) is 0 Å². The molecule has 0 aliphatic carbocycles. The number of carbonyl (C=O) groups excluding carboxylic acids is 2. The molecular weight excluding hydrogens is 152 g/mol. The van der Waals surface area contributed by atoms with E-state index in [0.29, 0.717) is 0 Å². The summed E-state index contributed by atoms with van der Waals surface area (Å²) < 4.78 is 0. The smallest absolute Gasteiger partial charge is 0.550 e. The minimum atomic E-state index is -1.63. The first-order valence-corrected chi connectivity index (χ1v) is 1.52. The summed E-state index contributed by atoms with van der Waals surface area (Å²) in [6.07, 6.45) is -1.03. The molecule has 8 heavy (non-hydrogen) atoms. The normalized spacial score (nSPS) is 7.00. The first kappa shape index (κ1) is 10.5. The van der Waals surface area contributed by atoms with Crippen LogP contribution in [0.2, 0.25) is 0 Å². The van der Waals surface area contributed by atoms with Gasteiger partial charge in [0.25, 0.3) is 0 Å². The molecule has 0 aromatic heterocycles. The van der Waals surface area contributed by atoms with E-state index in [4.69, 9.17) is 0 Å². The number of hydrogen-bond acceptors (Lipinski definition) is 4. The summed E-state index contributed by atoms with van der Waals surface area (Å²) in [5, 5.41) is 18.6. The Morgan fingerprint density at radius 2 is 1.38 bits per heavy atom. The number of rotatable bonds is 2. The zero-order valence-corrected chi connectivity index (χ0v) is 5.02. The molecule has 0 aromatic rings. The molecule has 0 aliphatic rings. The van der Waals surface area contributed by atoms with Gasteiger partial charge in [0.2, 0.25) is 0 Å². The summed E-state index contributed by atoms with van der Waals surface area (Å²) >= 11 is 0. The second-order valence-corrected chi connectivity index (χ2v) is 0.921. The summed E-state index contributed by atoms with van der Waals surface area (Å²) in [4.78, 5) is 18.6. The van der Waals surface area contributed by atoms with Crippen molar-refractivity contribution in [2.45, 2.75) is 6.42 Å². The predicted octanol–water partition coefficient (Wildman–Crippen LogP) is -3.13. The Morgan fingerprint density at radius 1 is 1.12 bits per heavy atom.